The maximum absolute atomic E-state index is 13.3. The molecule has 0 bridgehead atoms. The molecule has 0 radical (unpaired) electrons. The Kier molecular flexibility index (Phi) is 4.04. The Morgan fingerprint density at radius 2 is 2.16 bits per heavy atom. The molecule has 3 N–H and O–H groups in total. The summed E-state index contributed by atoms with van der Waals surface area (Å²) in [6.45, 7) is 1.92. The molecule has 0 saturated heterocycles. The van der Waals surface area contributed by atoms with E-state index in [1.54, 1.807) is 6.26 Å². The van der Waals surface area contributed by atoms with Crippen molar-refractivity contribution in [1.82, 2.24) is 0 Å². The highest BCUT2D eigenvalue weighted by Crippen LogP contribution is 2.24. The second kappa shape index (κ2) is 5.73. The third kappa shape index (κ3) is 3.47. The van der Waals surface area contributed by atoms with E-state index in [4.69, 9.17) is 10.2 Å². The number of benzene rings is 1. The topological polar surface area (TPSA) is 51.2 Å². The van der Waals surface area contributed by atoms with Gasteiger partial charge in [-0.15, -0.1) is 0 Å². The van der Waals surface area contributed by atoms with Gasteiger partial charge in [-0.3, -0.25) is 0 Å². The summed E-state index contributed by atoms with van der Waals surface area (Å²) in [5, 5.41) is 3.01. The molecule has 2 rings (SSSR count). The number of halogens is 2. The van der Waals surface area contributed by atoms with Crippen molar-refractivity contribution in [3.05, 3.63) is 47.9 Å². The van der Waals surface area contributed by atoms with Gasteiger partial charge in [0.05, 0.1) is 17.6 Å². The summed E-state index contributed by atoms with van der Waals surface area (Å²) in [4.78, 5) is 0. The molecule has 0 aliphatic heterocycles. The molecule has 1 aromatic heterocycles. The lowest BCUT2D eigenvalue weighted by Gasteiger charge is -2.16. The minimum absolute atomic E-state index is 0.0219. The van der Waals surface area contributed by atoms with E-state index in [0.717, 1.165) is 24.7 Å². The second-order valence-corrected chi connectivity index (χ2v) is 4.51. The Hall–Kier alpha value is -2.04. The van der Waals surface area contributed by atoms with E-state index >= 15 is 0 Å². The molecule has 0 spiro atoms. The fraction of sp³-hybridized carbons (Fsp3) is 0.286. The first-order valence-electron chi connectivity index (χ1n) is 6.09. The van der Waals surface area contributed by atoms with Crippen molar-refractivity contribution in [3.8, 4) is 0 Å². The fourth-order valence-corrected chi connectivity index (χ4v) is 1.86. The molecule has 1 aromatic carbocycles. The zero-order valence-electron chi connectivity index (χ0n) is 10.6. The van der Waals surface area contributed by atoms with Crippen molar-refractivity contribution in [1.29, 1.82) is 0 Å². The van der Waals surface area contributed by atoms with Gasteiger partial charge in [-0.2, -0.15) is 0 Å². The zero-order valence-corrected chi connectivity index (χ0v) is 10.6. The molecule has 1 atom stereocenters. The molecule has 19 heavy (non-hydrogen) atoms. The number of furan rings is 1. The van der Waals surface area contributed by atoms with Gasteiger partial charge in [0.15, 0.2) is 5.82 Å². The number of hydrogen-bond donors (Lipinski definition) is 2. The van der Waals surface area contributed by atoms with Crippen LogP contribution in [0.15, 0.2) is 34.9 Å². The molecular formula is C14H16F2N2O. The molecule has 5 heteroatoms. The maximum Gasteiger partial charge on any atom is 0.151 e. The van der Waals surface area contributed by atoms with E-state index < -0.39 is 11.6 Å². The van der Waals surface area contributed by atoms with Crippen LogP contribution in [0, 0.1) is 11.6 Å². The van der Waals surface area contributed by atoms with Crippen molar-refractivity contribution >= 4 is 11.4 Å². The smallest absolute Gasteiger partial charge is 0.151 e. The van der Waals surface area contributed by atoms with E-state index in [1.807, 2.05) is 19.1 Å². The van der Waals surface area contributed by atoms with Crippen LogP contribution in [-0.2, 0) is 6.42 Å². The lowest BCUT2D eigenvalue weighted by atomic mass is 10.1. The molecule has 2 aromatic rings. The summed E-state index contributed by atoms with van der Waals surface area (Å²) >= 11 is 0. The van der Waals surface area contributed by atoms with Gasteiger partial charge in [0.1, 0.15) is 11.6 Å². The normalized spacial score (nSPS) is 12.4. The number of nitrogens with one attached hydrogen (secondary N) is 1. The van der Waals surface area contributed by atoms with Crippen molar-refractivity contribution in [3.63, 3.8) is 0 Å². The van der Waals surface area contributed by atoms with Crippen LogP contribution < -0.4 is 11.1 Å². The predicted molar refractivity (Wildman–Crippen MR) is 70.9 cm³/mol. The van der Waals surface area contributed by atoms with Crippen molar-refractivity contribution in [2.24, 2.45) is 0 Å². The highest BCUT2D eigenvalue weighted by molar-refractivity contribution is 5.67. The van der Waals surface area contributed by atoms with Gasteiger partial charge in [0.25, 0.3) is 0 Å². The van der Waals surface area contributed by atoms with Gasteiger partial charge in [0.2, 0.25) is 0 Å². The molecule has 1 heterocycles. The van der Waals surface area contributed by atoms with Crippen LogP contribution in [0.2, 0.25) is 0 Å². The minimum atomic E-state index is -0.749. The Labute approximate surface area is 110 Å². The van der Waals surface area contributed by atoms with E-state index in [2.05, 4.69) is 5.32 Å². The predicted octanol–water partition coefficient (Wildman–Crippen LogP) is 3.57. The van der Waals surface area contributed by atoms with Crippen molar-refractivity contribution in [2.75, 3.05) is 11.1 Å². The molecule has 3 nitrogen and oxygen atoms in total. The molecule has 1 unspecified atom stereocenters. The van der Waals surface area contributed by atoms with Crippen LogP contribution >= 0.6 is 0 Å². The number of hydrogen-bond acceptors (Lipinski definition) is 3. The van der Waals surface area contributed by atoms with Crippen molar-refractivity contribution in [2.45, 2.75) is 25.8 Å². The van der Waals surface area contributed by atoms with Crippen LogP contribution in [0.5, 0.6) is 0 Å². The van der Waals surface area contributed by atoms with Crippen LogP contribution in [-0.4, -0.2) is 6.04 Å². The molecular weight excluding hydrogens is 250 g/mol. The molecule has 0 amide bonds. The monoisotopic (exact) mass is 266 g/mol. The number of nitrogens with two attached hydrogens (primary N) is 1. The first-order chi connectivity index (χ1) is 9.06. The van der Waals surface area contributed by atoms with Gasteiger partial charge < -0.3 is 15.5 Å². The summed E-state index contributed by atoms with van der Waals surface area (Å²) in [6, 6.07) is 5.71. The number of nitrogen functional groups attached to an aromatic ring is 1. The Morgan fingerprint density at radius 1 is 1.37 bits per heavy atom. The second-order valence-electron chi connectivity index (χ2n) is 4.51. The third-order valence-corrected chi connectivity index (χ3v) is 2.90. The molecule has 0 saturated carbocycles. The summed E-state index contributed by atoms with van der Waals surface area (Å²) in [6.07, 6.45) is 3.14. The standard InChI is InChI=1S/C14H16F2N2O/c1-9(4-5-11-3-2-6-19-11)18-13-8-10(15)7-12(16)14(13)17/h2-3,6-9,18H,4-5,17H2,1H3. The van der Waals surface area contributed by atoms with Crippen LogP contribution in [0.4, 0.5) is 20.2 Å². The first-order valence-corrected chi connectivity index (χ1v) is 6.09. The van der Waals surface area contributed by atoms with Gasteiger partial charge in [0, 0.05) is 18.5 Å². The Balaban J connectivity index is 1.97. The van der Waals surface area contributed by atoms with Crippen LogP contribution in [0.3, 0.4) is 0 Å². The summed E-state index contributed by atoms with van der Waals surface area (Å²) in [7, 11) is 0. The maximum atomic E-state index is 13.3. The van der Waals surface area contributed by atoms with Gasteiger partial charge in [-0.25, -0.2) is 8.78 Å². The first kappa shape index (κ1) is 13.4. The lowest BCUT2D eigenvalue weighted by molar-refractivity contribution is 0.495. The highest BCUT2D eigenvalue weighted by Gasteiger charge is 2.11. The Morgan fingerprint density at radius 3 is 2.84 bits per heavy atom. The SMILES string of the molecule is CC(CCc1ccco1)Nc1cc(F)cc(F)c1N. The Bertz CT molecular complexity index is 541. The molecule has 102 valence electrons. The largest absolute Gasteiger partial charge is 0.469 e. The third-order valence-electron chi connectivity index (χ3n) is 2.90. The number of rotatable bonds is 5. The average Bonchev–Trinajstić information content (AvgIpc) is 2.86. The molecule has 0 aliphatic rings. The minimum Gasteiger partial charge on any atom is -0.469 e. The van der Waals surface area contributed by atoms with E-state index in [1.165, 1.54) is 6.07 Å². The fourth-order valence-electron chi connectivity index (χ4n) is 1.86. The summed E-state index contributed by atoms with van der Waals surface area (Å²) in [5.74, 6) is -0.514. The van der Waals surface area contributed by atoms with Crippen molar-refractivity contribution < 1.29 is 13.2 Å². The average molecular weight is 266 g/mol. The van der Waals surface area contributed by atoms with E-state index in [-0.39, 0.29) is 17.4 Å². The van der Waals surface area contributed by atoms with Crippen LogP contribution in [0.1, 0.15) is 19.1 Å². The summed E-state index contributed by atoms with van der Waals surface area (Å²) < 4.78 is 31.6. The molecule has 0 aliphatic carbocycles. The number of anilines is 2. The van der Waals surface area contributed by atoms with Gasteiger partial charge in [-0.1, -0.05) is 0 Å². The highest BCUT2D eigenvalue weighted by atomic mass is 19.1. The van der Waals surface area contributed by atoms with E-state index in [0.29, 0.717) is 0 Å². The number of aryl methyl sites for hydroxylation is 1. The quantitative estimate of drug-likeness (QED) is 0.813. The summed E-state index contributed by atoms with van der Waals surface area (Å²) in [5.41, 5.74) is 5.79. The lowest BCUT2D eigenvalue weighted by Crippen LogP contribution is -2.17. The van der Waals surface area contributed by atoms with E-state index in [9.17, 15) is 8.78 Å². The molecule has 0 fully saturated rings. The van der Waals surface area contributed by atoms with Gasteiger partial charge >= 0.3 is 0 Å². The zero-order chi connectivity index (χ0) is 13.8. The van der Waals surface area contributed by atoms with Crippen LogP contribution in [0.25, 0.3) is 0 Å². The van der Waals surface area contributed by atoms with Gasteiger partial charge in [-0.05, 0) is 31.5 Å².